The van der Waals surface area contributed by atoms with E-state index in [1.165, 1.54) is 109 Å². The maximum atomic E-state index is 12.1. The first kappa shape index (κ1) is 29.7. The molecule has 0 aromatic carbocycles. The van der Waals surface area contributed by atoms with Crippen LogP contribution >= 0.6 is 0 Å². The Morgan fingerprint density at radius 3 is 1.45 bits per heavy atom. The molecule has 0 aliphatic carbocycles. The molecular formula is C29H52O4. The van der Waals surface area contributed by atoms with Crippen LogP contribution in [-0.2, 0) is 19.1 Å². The van der Waals surface area contributed by atoms with E-state index in [9.17, 15) is 9.59 Å². The highest BCUT2D eigenvalue weighted by Crippen LogP contribution is 2.25. The van der Waals surface area contributed by atoms with E-state index in [2.05, 4.69) is 6.92 Å². The molecule has 0 saturated carbocycles. The predicted octanol–water partition coefficient (Wildman–Crippen LogP) is 8.96. The summed E-state index contributed by atoms with van der Waals surface area (Å²) in [6.07, 6.45) is 25.8. The van der Waals surface area contributed by atoms with Gasteiger partial charge >= 0.3 is 5.97 Å². The number of ether oxygens (including phenoxy) is 2. The maximum absolute atomic E-state index is 12.1. The van der Waals surface area contributed by atoms with E-state index in [1.54, 1.807) is 6.92 Å². The number of Topliss-reactive ketones (excluding diaryl/α,β-unsaturated/α-hetero) is 1. The Hall–Kier alpha value is -1.32. The van der Waals surface area contributed by atoms with Gasteiger partial charge in [-0.15, -0.1) is 0 Å². The van der Waals surface area contributed by atoms with Gasteiger partial charge in [-0.2, -0.15) is 0 Å². The second-order valence-corrected chi connectivity index (χ2v) is 9.85. The van der Waals surface area contributed by atoms with E-state index < -0.39 is 6.10 Å². The molecule has 33 heavy (non-hydrogen) atoms. The van der Waals surface area contributed by atoms with Gasteiger partial charge in [0, 0.05) is 6.42 Å². The van der Waals surface area contributed by atoms with Crippen molar-refractivity contribution in [1.29, 1.82) is 0 Å². The molecule has 1 aliphatic heterocycles. The van der Waals surface area contributed by atoms with Crippen LogP contribution in [0.5, 0.6) is 0 Å². The van der Waals surface area contributed by atoms with Crippen molar-refractivity contribution < 1.29 is 19.1 Å². The first-order valence-electron chi connectivity index (χ1n) is 14.2. The van der Waals surface area contributed by atoms with Crippen LogP contribution in [0, 0.1) is 0 Å². The van der Waals surface area contributed by atoms with Crippen LogP contribution in [-0.4, -0.2) is 17.9 Å². The van der Waals surface area contributed by atoms with Gasteiger partial charge in [-0.25, -0.2) is 0 Å². The summed E-state index contributed by atoms with van der Waals surface area (Å²) in [4.78, 5) is 24.1. The number of carbonyl (C=O) groups excluding carboxylic acids is 2. The zero-order valence-corrected chi connectivity index (χ0v) is 22.1. The monoisotopic (exact) mass is 464 g/mol. The summed E-state index contributed by atoms with van der Waals surface area (Å²) in [5, 5.41) is 0. The zero-order valence-electron chi connectivity index (χ0n) is 22.1. The number of ketones is 1. The third-order valence-corrected chi connectivity index (χ3v) is 6.73. The molecule has 0 amide bonds. The second-order valence-electron chi connectivity index (χ2n) is 9.85. The van der Waals surface area contributed by atoms with Crippen LogP contribution in [0.25, 0.3) is 0 Å². The van der Waals surface area contributed by atoms with E-state index in [0.717, 1.165) is 12.8 Å². The summed E-state index contributed by atoms with van der Waals surface area (Å²) in [6, 6.07) is 0. The molecule has 0 fully saturated rings. The lowest BCUT2D eigenvalue weighted by Gasteiger charge is -2.05. The van der Waals surface area contributed by atoms with Crippen molar-refractivity contribution >= 4 is 11.8 Å². The van der Waals surface area contributed by atoms with Gasteiger partial charge in [0.1, 0.15) is 5.76 Å². The first-order valence-corrected chi connectivity index (χ1v) is 14.2. The Balaban J connectivity index is 1.82. The molecule has 1 unspecified atom stereocenters. The van der Waals surface area contributed by atoms with Gasteiger partial charge in [-0.3, -0.25) is 9.59 Å². The smallest absolute Gasteiger partial charge is 0.311 e. The Labute approximate surface area is 204 Å². The number of carbonyl (C=O) groups is 2. The van der Waals surface area contributed by atoms with Crippen molar-refractivity contribution in [3.63, 3.8) is 0 Å². The van der Waals surface area contributed by atoms with E-state index in [-0.39, 0.29) is 17.5 Å². The number of unbranched alkanes of at least 4 members (excludes halogenated alkanes) is 18. The molecular weight excluding hydrogens is 412 g/mol. The van der Waals surface area contributed by atoms with Crippen LogP contribution < -0.4 is 0 Å². The molecule has 1 aliphatic rings. The third kappa shape index (κ3) is 14.5. The lowest BCUT2D eigenvalue weighted by molar-refractivity contribution is -0.142. The second kappa shape index (κ2) is 20.1. The number of esters is 1. The summed E-state index contributed by atoms with van der Waals surface area (Å²) in [6.45, 7) is 5.86. The zero-order chi connectivity index (χ0) is 24.2. The van der Waals surface area contributed by atoms with Crippen LogP contribution in [0.15, 0.2) is 11.5 Å². The Kier molecular flexibility index (Phi) is 18.1. The van der Waals surface area contributed by atoms with E-state index >= 15 is 0 Å². The summed E-state index contributed by atoms with van der Waals surface area (Å²) in [5.41, 5.74) is 0. The van der Waals surface area contributed by atoms with Gasteiger partial charge in [0.25, 0.3) is 0 Å². The highest BCUT2D eigenvalue weighted by atomic mass is 16.6. The van der Waals surface area contributed by atoms with Gasteiger partial charge in [-0.1, -0.05) is 129 Å². The van der Waals surface area contributed by atoms with Crippen molar-refractivity contribution in [3.05, 3.63) is 11.5 Å². The quantitative estimate of drug-likeness (QED) is 0.118. The Morgan fingerprint density at radius 2 is 1.09 bits per heavy atom. The Morgan fingerprint density at radius 1 is 0.697 bits per heavy atom. The summed E-state index contributed by atoms with van der Waals surface area (Å²) < 4.78 is 10.7. The molecule has 4 heteroatoms. The molecule has 0 aromatic rings. The molecule has 0 saturated heterocycles. The van der Waals surface area contributed by atoms with Gasteiger partial charge in [0.05, 0.1) is 0 Å². The largest absolute Gasteiger partial charge is 0.483 e. The molecule has 0 spiro atoms. The number of hydrogen-bond donors (Lipinski definition) is 0. The number of rotatable bonds is 22. The normalized spacial score (nSPS) is 15.8. The minimum absolute atomic E-state index is 0.115. The number of hydrogen-bond acceptors (Lipinski definition) is 4. The first-order chi connectivity index (χ1) is 16.1. The van der Waals surface area contributed by atoms with Crippen molar-refractivity contribution in [2.24, 2.45) is 0 Å². The van der Waals surface area contributed by atoms with E-state index in [4.69, 9.17) is 9.47 Å². The minimum Gasteiger partial charge on any atom is -0.483 e. The van der Waals surface area contributed by atoms with Crippen LogP contribution in [0.2, 0.25) is 0 Å². The predicted molar refractivity (Wildman–Crippen MR) is 137 cm³/mol. The van der Waals surface area contributed by atoms with Gasteiger partial charge in [0.15, 0.2) is 6.10 Å². The van der Waals surface area contributed by atoms with Crippen molar-refractivity contribution in [2.45, 2.75) is 162 Å². The van der Waals surface area contributed by atoms with E-state index in [1.807, 2.05) is 6.92 Å². The fourth-order valence-corrected chi connectivity index (χ4v) is 4.54. The van der Waals surface area contributed by atoms with Crippen LogP contribution in [0.3, 0.4) is 0 Å². The lowest BCUT2D eigenvalue weighted by Crippen LogP contribution is -2.19. The average molecular weight is 465 g/mol. The molecule has 0 N–H and O–H groups in total. The maximum Gasteiger partial charge on any atom is 0.311 e. The molecule has 192 valence electrons. The van der Waals surface area contributed by atoms with Crippen LogP contribution in [0.4, 0.5) is 0 Å². The molecule has 1 atom stereocenters. The van der Waals surface area contributed by atoms with Crippen LogP contribution in [0.1, 0.15) is 156 Å². The van der Waals surface area contributed by atoms with Crippen molar-refractivity contribution in [3.8, 4) is 0 Å². The average Bonchev–Trinajstić information content (AvgIpc) is 3.08. The molecule has 1 heterocycles. The van der Waals surface area contributed by atoms with E-state index in [0.29, 0.717) is 18.6 Å². The molecule has 0 radical (unpaired) electrons. The number of allylic oxidation sites excluding steroid dienone is 1. The lowest BCUT2D eigenvalue weighted by atomic mass is 10.0. The fraction of sp³-hybridized carbons (Fsp3) is 0.862. The van der Waals surface area contributed by atoms with Gasteiger partial charge < -0.3 is 9.47 Å². The third-order valence-electron chi connectivity index (χ3n) is 6.73. The van der Waals surface area contributed by atoms with Crippen molar-refractivity contribution in [2.75, 3.05) is 0 Å². The fourth-order valence-electron chi connectivity index (χ4n) is 4.54. The SMILES string of the molecule is CCCCCCCCCCCCCCCCCCCCCC(=O)OC1=C(C)OC(CC)C1=O. The molecule has 0 bridgehead atoms. The molecule has 4 nitrogen and oxygen atoms in total. The van der Waals surface area contributed by atoms with Gasteiger partial charge in [-0.05, 0) is 19.8 Å². The standard InChI is InChI=1S/C29H52O4/c1-4-6-7-8-9-10-11-12-13-14-15-16-17-18-19-20-21-22-23-24-27(30)33-29-25(3)32-26(5-2)28(29)31/h26H,4-24H2,1-3H3. The summed E-state index contributed by atoms with van der Waals surface area (Å²) in [5.74, 6) is 0.0413. The molecule has 0 aromatic heterocycles. The summed E-state index contributed by atoms with van der Waals surface area (Å²) in [7, 11) is 0. The highest BCUT2D eigenvalue weighted by molar-refractivity contribution is 6.01. The highest BCUT2D eigenvalue weighted by Gasteiger charge is 2.34. The summed E-state index contributed by atoms with van der Waals surface area (Å²) >= 11 is 0. The minimum atomic E-state index is -0.484. The Bertz CT molecular complexity index is 552. The van der Waals surface area contributed by atoms with Gasteiger partial charge in [0.2, 0.25) is 11.5 Å². The van der Waals surface area contributed by atoms with Crippen molar-refractivity contribution in [1.82, 2.24) is 0 Å². The topological polar surface area (TPSA) is 52.6 Å². The molecule has 1 rings (SSSR count).